The Labute approximate surface area is 168 Å². The van der Waals surface area contributed by atoms with Crippen LogP contribution in [0.3, 0.4) is 0 Å². The van der Waals surface area contributed by atoms with Crippen molar-refractivity contribution >= 4 is 46.3 Å². The molecule has 3 rings (SSSR count). The predicted molar refractivity (Wildman–Crippen MR) is 107 cm³/mol. The quantitative estimate of drug-likeness (QED) is 0.676. The Morgan fingerprint density at radius 1 is 1.39 bits per heavy atom. The molecule has 4 amide bonds. The predicted octanol–water partition coefficient (Wildman–Crippen LogP) is 0.730. The molecule has 1 N–H and O–H groups in total. The molecule has 3 aliphatic rings. The molecule has 0 bridgehead atoms. The first kappa shape index (κ1) is 20.7. The third kappa shape index (κ3) is 4.17. The molecule has 0 aliphatic carbocycles. The van der Waals surface area contributed by atoms with Gasteiger partial charge < -0.3 is 10.1 Å². The van der Waals surface area contributed by atoms with Crippen LogP contribution in [-0.2, 0) is 14.3 Å². The lowest BCUT2D eigenvalue weighted by atomic mass is 10.0. The summed E-state index contributed by atoms with van der Waals surface area (Å²) in [4.78, 5) is 47.3. The lowest BCUT2D eigenvalue weighted by Crippen LogP contribution is -2.55. The van der Waals surface area contributed by atoms with E-state index >= 15 is 0 Å². The molecular formula is C18H26N5O4S+. The van der Waals surface area contributed by atoms with Gasteiger partial charge in [-0.3, -0.25) is 9.59 Å². The van der Waals surface area contributed by atoms with E-state index in [1.54, 1.807) is 7.05 Å². The largest absolute Gasteiger partial charge is 0.445 e. The first-order valence-electron chi connectivity index (χ1n) is 9.40. The third-order valence-corrected chi connectivity index (χ3v) is 5.90. The fraction of sp³-hybridized carbons (Fsp3) is 0.667. The Hall–Kier alpha value is -2.07. The zero-order chi connectivity index (χ0) is 20.4. The van der Waals surface area contributed by atoms with Crippen LogP contribution in [0.25, 0.3) is 0 Å². The van der Waals surface area contributed by atoms with Gasteiger partial charge in [-0.1, -0.05) is 30.6 Å². The summed E-state index contributed by atoms with van der Waals surface area (Å²) in [6.07, 6.45) is 2.05. The maximum Gasteiger partial charge on any atom is 0.445 e. The van der Waals surface area contributed by atoms with E-state index in [-0.39, 0.29) is 29.6 Å². The smallest absolute Gasteiger partial charge is 0.376 e. The van der Waals surface area contributed by atoms with Crippen molar-refractivity contribution in [2.24, 2.45) is 21.8 Å². The molecule has 0 aromatic carbocycles. The van der Waals surface area contributed by atoms with E-state index in [1.165, 1.54) is 23.4 Å². The number of urea groups is 1. The zero-order valence-electron chi connectivity index (χ0n) is 16.6. The highest BCUT2D eigenvalue weighted by molar-refractivity contribution is 8.14. The fourth-order valence-corrected chi connectivity index (χ4v) is 4.10. The molecule has 1 fully saturated rings. The number of nitrogens with one attached hydrogen (secondary N) is 1. The van der Waals surface area contributed by atoms with Crippen molar-refractivity contribution in [1.29, 1.82) is 0 Å². The van der Waals surface area contributed by atoms with Crippen LogP contribution in [0.5, 0.6) is 0 Å². The van der Waals surface area contributed by atoms with Crippen LogP contribution in [0.1, 0.15) is 26.7 Å². The van der Waals surface area contributed by atoms with E-state index in [9.17, 15) is 14.4 Å². The normalized spacial score (nSPS) is 25.1. The average molecular weight is 409 g/mol. The lowest BCUT2D eigenvalue weighted by molar-refractivity contribution is -0.407. The molecule has 3 heterocycles. The van der Waals surface area contributed by atoms with E-state index in [1.807, 2.05) is 13.8 Å². The maximum absolute atomic E-state index is 12.7. The second-order valence-corrected chi connectivity index (χ2v) is 8.33. The highest BCUT2D eigenvalue weighted by Gasteiger charge is 2.49. The van der Waals surface area contributed by atoms with Crippen LogP contribution in [0.2, 0.25) is 0 Å². The van der Waals surface area contributed by atoms with E-state index in [2.05, 4.69) is 15.3 Å². The molecule has 0 spiro atoms. The van der Waals surface area contributed by atoms with Gasteiger partial charge in [-0.05, 0) is 12.8 Å². The topological polar surface area (TPSA) is 103 Å². The number of imide groups is 1. The van der Waals surface area contributed by atoms with Crippen molar-refractivity contribution in [2.75, 3.05) is 33.0 Å². The number of fused-ring (bicyclic) bond motifs is 1. The summed E-state index contributed by atoms with van der Waals surface area (Å²) in [5.74, 6) is -0.202. The van der Waals surface area contributed by atoms with Gasteiger partial charge in [0.1, 0.15) is 5.04 Å². The highest BCUT2D eigenvalue weighted by atomic mass is 32.2. The molecular weight excluding hydrogens is 382 g/mol. The van der Waals surface area contributed by atoms with Crippen LogP contribution in [0, 0.1) is 11.8 Å². The Bertz CT molecular complexity index is 783. The molecule has 1 saturated heterocycles. The number of ether oxygens (including phenoxy) is 1. The van der Waals surface area contributed by atoms with Gasteiger partial charge in [-0.2, -0.15) is 9.48 Å². The van der Waals surface area contributed by atoms with Crippen molar-refractivity contribution in [1.82, 2.24) is 10.2 Å². The summed E-state index contributed by atoms with van der Waals surface area (Å²) < 4.78 is 6.88. The Balaban J connectivity index is 1.74. The van der Waals surface area contributed by atoms with Crippen LogP contribution in [-0.4, -0.2) is 83.1 Å². The number of hydrogen-bond acceptors (Lipinski definition) is 7. The minimum atomic E-state index is -0.758. The van der Waals surface area contributed by atoms with Gasteiger partial charge in [-0.15, -0.1) is 0 Å². The number of rotatable bonds is 5. The van der Waals surface area contributed by atoms with E-state index in [0.29, 0.717) is 23.3 Å². The molecule has 28 heavy (non-hydrogen) atoms. The van der Waals surface area contributed by atoms with Crippen LogP contribution in [0.15, 0.2) is 9.98 Å². The molecule has 9 nitrogen and oxygen atoms in total. The first-order valence-corrected chi connectivity index (χ1v) is 10.4. The van der Waals surface area contributed by atoms with Gasteiger partial charge in [0.25, 0.3) is 5.84 Å². The summed E-state index contributed by atoms with van der Waals surface area (Å²) in [7, 11) is 3.03. The first-order chi connectivity index (χ1) is 13.3. The van der Waals surface area contributed by atoms with Gasteiger partial charge in [0.05, 0.1) is 26.0 Å². The van der Waals surface area contributed by atoms with Crippen molar-refractivity contribution < 1.29 is 23.7 Å². The number of carbonyl (C=O) groups excluding carboxylic acids is 3. The van der Waals surface area contributed by atoms with Crippen molar-refractivity contribution in [3.63, 3.8) is 0 Å². The molecule has 3 aliphatic heterocycles. The number of amides is 4. The second kappa shape index (κ2) is 8.52. The maximum atomic E-state index is 12.7. The third-order valence-electron chi connectivity index (χ3n) is 4.87. The monoisotopic (exact) mass is 408 g/mol. The summed E-state index contributed by atoms with van der Waals surface area (Å²) in [5, 5.41) is 3.37. The number of hydrogen-bond donors (Lipinski definition) is 1. The van der Waals surface area contributed by atoms with Gasteiger partial charge in [0, 0.05) is 19.1 Å². The zero-order valence-corrected chi connectivity index (χ0v) is 17.4. The second-order valence-electron chi connectivity index (χ2n) is 7.33. The van der Waals surface area contributed by atoms with Crippen molar-refractivity contribution in [2.45, 2.75) is 32.8 Å². The van der Waals surface area contributed by atoms with Crippen molar-refractivity contribution in [3.05, 3.63) is 0 Å². The summed E-state index contributed by atoms with van der Waals surface area (Å²) in [5.41, 5.74) is 0. The molecule has 0 saturated carbocycles. The number of amidine groups is 2. The molecule has 2 unspecified atom stereocenters. The van der Waals surface area contributed by atoms with Gasteiger partial charge >= 0.3 is 11.9 Å². The van der Waals surface area contributed by atoms with E-state index in [0.717, 1.165) is 24.3 Å². The number of carbonyl (C=O) groups is 3. The number of thioether (sulfide) groups is 1. The Morgan fingerprint density at radius 3 is 2.79 bits per heavy atom. The molecule has 152 valence electrons. The minimum absolute atomic E-state index is 0.0238. The van der Waals surface area contributed by atoms with Gasteiger partial charge in [0.2, 0.25) is 11.7 Å². The standard InChI is InChI=1S/C18H25N5O4S/c1-10(2)14-20-15-13(17(25)23(4)18(26)22(15)3)16(21-14)28-9-12(24)19-8-11-6-5-7-27-11/h10-11,13H,5-9H2,1-4H3/p+1. The van der Waals surface area contributed by atoms with Crippen molar-refractivity contribution in [3.8, 4) is 0 Å². The van der Waals surface area contributed by atoms with E-state index < -0.39 is 11.9 Å². The van der Waals surface area contributed by atoms with E-state index in [4.69, 9.17) is 4.74 Å². The summed E-state index contributed by atoms with van der Waals surface area (Å²) >= 11 is 1.21. The molecule has 0 radical (unpaired) electrons. The van der Waals surface area contributed by atoms with Gasteiger partial charge in [-0.25, -0.2) is 9.79 Å². The molecule has 10 heteroatoms. The summed E-state index contributed by atoms with van der Waals surface area (Å²) in [6.45, 7) is 5.12. The Kier molecular flexibility index (Phi) is 6.29. The number of aliphatic imine (C=N–C) groups is 2. The van der Waals surface area contributed by atoms with Crippen LogP contribution in [0.4, 0.5) is 4.79 Å². The highest BCUT2D eigenvalue weighted by Crippen LogP contribution is 2.26. The minimum Gasteiger partial charge on any atom is -0.376 e. The van der Waals surface area contributed by atoms with Crippen LogP contribution < -0.4 is 5.32 Å². The van der Waals surface area contributed by atoms with Crippen LogP contribution >= 0.6 is 11.8 Å². The molecule has 0 aromatic rings. The molecule has 2 atom stereocenters. The SMILES string of the molecule is CC(C)C1=NC2=[N+](C)C(=O)N(C)C(=O)C2C(SCC(=O)NCC2CCCO2)=N1. The number of nitrogens with zero attached hydrogens (tertiary/aromatic N) is 4. The lowest BCUT2D eigenvalue weighted by Gasteiger charge is -2.27. The average Bonchev–Trinajstić information content (AvgIpc) is 3.20. The molecule has 0 aromatic heterocycles. The Morgan fingerprint density at radius 2 is 2.14 bits per heavy atom. The van der Waals surface area contributed by atoms with Gasteiger partial charge in [0.15, 0.2) is 5.92 Å². The summed E-state index contributed by atoms with van der Waals surface area (Å²) in [6, 6.07) is -0.427. The fourth-order valence-electron chi connectivity index (χ4n) is 3.19.